The number of rotatable bonds is 8. The van der Waals surface area contributed by atoms with Gasteiger partial charge < -0.3 is 30.6 Å². The molecule has 2 fully saturated rings. The third kappa shape index (κ3) is 7.79. The Labute approximate surface area is 287 Å². The van der Waals surface area contributed by atoms with Crippen LogP contribution in [0.1, 0.15) is 33.6 Å². The van der Waals surface area contributed by atoms with Crippen molar-refractivity contribution in [2.45, 2.75) is 12.8 Å². The lowest BCUT2D eigenvalue weighted by molar-refractivity contribution is -0.126. The Morgan fingerprint density at radius 3 is 1.21 bits per heavy atom. The summed E-state index contributed by atoms with van der Waals surface area (Å²) >= 11 is 12.1. The number of aromatic hydroxyl groups is 6. The Bertz CT molecular complexity index is 1660. The molecule has 2 aliphatic rings. The van der Waals surface area contributed by atoms with Crippen molar-refractivity contribution in [1.29, 1.82) is 0 Å². The standard InChI is InChI=1S/C26H22N6O12S4/c33-11-5-9(6-12(34)17(11)39)21(41)29-27-15(37)1-3-31-23(43)19(47-25(31)45)20-24(44)32(26(46)48-20)4-2-16(38)28-30-22(42)10-7-13(35)18(40)14(36)8-10/h5-8,33-36,39-40H,1-4H2,(H,27,37)(H,28,38)(H,29,41)(H,30,42)/b20-19+. The van der Waals surface area contributed by atoms with Crippen molar-refractivity contribution in [3.05, 3.63) is 45.2 Å². The van der Waals surface area contributed by atoms with Crippen molar-refractivity contribution in [3.8, 4) is 34.5 Å². The molecule has 10 N–H and O–H groups in total. The van der Waals surface area contributed by atoms with Crippen LogP contribution in [0.3, 0.4) is 0 Å². The molecular weight excluding hydrogens is 717 g/mol. The van der Waals surface area contributed by atoms with Crippen molar-refractivity contribution >= 4 is 92.0 Å². The minimum Gasteiger partial charge on any atom is -0.504 e. The van der Waals surface area contributed by atoms with Gasteiger partial charge in [0.2, 0.25) is 11.8 Å². The van der Waals surface area contributed by atoms with Crippen LogP contribution in [0.15, 0.2) is 34.1 Å². The van der Waals surface area contributed by atoms with E-state index in [0.717, 1.165) is 57.6 Å². The van der Waals surface area contributed by atoms with Gasteiger partial charge >= 0.3 is 0 Å². The first-order chi connectivity index (χ1) is 22.6. The average Bonchev–Trinajstić information content (AvgIpc) is 3.48. The molecule has 0 aromatic heterocycles. The Kier molecular flexibility index (Phi) is 10.8. The summed E-state index contributed by atoms with van der Waals surface area (Å²) < 4.78 is 0.0788. The molecule has 2 heterocycles. The normalized spacial score (nSPS) is 15.9. The van der Waals surface area contributed by atoms with Crippen molar-refractivity contribution in [2.75, 3.05) is 13.1 Å². The zero-order chi connectivity index (χ0) is 35.4. The Morgan fingerprint density at radius 2 is 0.896 bits per heavy atom. The van der Waals surface area contributed by atoms with Crippen molar-refractivity contribution in [1.82, 2.24) is 31.5 Å². The number of thiocarbonyl (C=S) groups is 2. The summed E-state index contributed by atoms with van der Waals surface area (Å²) in [6.45, 7) is -0.460. The van der Waals surface area contributed by atoms with Crippen LogP contribution in [0, 0.1) is 0 Å². The minimum absolute atomic E-state index is 0.0394. The highest BCUT2D eigenvalue weighted by molar-refractivity contribution is 8.29. The monoisotopic (exact) mass is 738 g/mol. The van der Waals surface area contributed by atoms with Crippen LogP contribution in [0.25, 0.3) is 0 Å². The largest absolute Gasteiger partial charge is 0.504 e. The van der Waals surface area contributed by atoms with Gasteiger partial charge in [-0.3, -0.25) is 60.3 Å². The van der Waals surface area contributed by atoms with Crippen molar-refractivity contribution in [2.24, 2.45) is 0 Å². The van der Waals surface area contributed by atoms with E-state index in [1.165, 1.54) is 0 Å². The summed E-state index contributed by atoms with van der Waals surface area (Å²) in [4.78, 5) is 77.3. The molecule has 2 aromatic rings. The van der Waals surface area contributed by atoms with Crippen LogP contribution in [-0.4, -0.2) is 97.6 Å². The van der Waals surface area contributed by atoms with E-state index in [9.17, 15) is 59.4 Å². The number of carbonyl (C=O) groups is 6. The van der Waals surface area contributed by atoms with Crippen LogP contribution in [0.2, 0.25) is 0 Å². The molecule has 0 unspecified atom stereocenters. The van der Waals surface area contributed by atoms with Gasteiger partial charge in [0.25, 0.3) is 23.6 Å². The van der Waals surface area contributed by atoms with Crippen molar-refractivity contribution < 1.29 is 59.4 Å². The van der Waals surface area contributed by atoms with E-state index < -0.39 is 69.9 Å². The van der Waals surface area contributed by atoms with Crippen LogP contribution >= 0.6 is 48.0 Å². The molecule has 2 aliphatic heterocycles. The highest BCUT2D eigenvalue weighted by Crippen LogP contribution is 2.42. The van der Waals surface area contributed by atoms with Crippen LogP contribution in [0.4, 0.5) is 0 Å². The zero-order valence-corrected chi connectivity index (χ0v) is 27.1. The summed E-state index contributed by atoms with van der Waals surface area (Å²) in [6.07, 6.45) is -0.679. The maximum atomic E-state index is 13.1. The van der Waals surface area contributed by atoms with Gasteiger partial charge in [0.05, 0.1) is 9.81 Å². The molecule has 0 spiro atoms. The third-order valence-electron chi connectivity index (χ3n) is 6.32. The smallest absolute Gasteiger partial charge is 0.269 e. The molecular formula is C26H22N6O12S4. The number of nitrogens with zero attached hydrogens (tertiary/aromatic N) is 2. The van der Waals surface area contributed by atoms with E-state index in [2.05, 4.69) is 10.9 Å². The maximum Gasteiger partial charge on any atom is 0.269 e. The van der Waals surface area contributed by atoms with E-state index in [-0.39, 0.29) is 55.5 Å². The number of amides is 6. The van der Waals surface area contributed by atoms with Crippen LogP contribution < -0.4 is 21.7 Å². The first-order valence-electron chi connectivity index (χ1n) is 13.1. The van der Waals surface area contributed by atoms with Gasteiger partial charge in [-0.15, -0.1) is 0 Å². The summed E-state index contributed by atoms with van der Waals surface area (Å²) in [5, 5.41) is 56.9. The van der Waals surface area contributed by atoms with Gasteiger partial charge in [-0.2, -0.15) is 0 Å². The van der Waals surface area contributed by atoms with Crippen LogP contribution in [-0.2, 0) is 19.2 Å². The topological polar surface area (TPSA) is 278 Å². The predicted molar refractivity (Wildman–Crippen MR) is 174 cm³/mol. The van der Waals surface area contributed by atoms with Gasteiger partial charge in [-0.1, -0.05) is 48.0 Å². The molecule has 22 heteroatoms. The van der Waals surface area contributed by atoms with Gasteiger partial charge in [0.1, 0.15) is 8.64 Å². The maximum absolute atomic E-state index is 13.1. The SMILES string of the molecule is O=C(CCN1C(=O)/C(=C2\SC(=S)N(CCC(=O)NNC(=O)c3cc(O)c(O)c(O)c3)C2=O)SC1=S)NNC(=O)c1cc(O)c(O)c(O)c1. The lowest BCUT2D eigenvalue weighted by Crippen LogP contribution is -2.43. The lowest BCUT2D eigenvalue weighted by Gasteiger charge is -2.15. The molecule has 18 nitrogen and oxygen atoms in total. The summed E-state index contributed by atoms with van der Waals surface area (Å²) in [5.74, 6) is -9.41. The number of phenols is 6. The zero-order valence-electron chi connectivity index (χ0n) is 23.8. The quantitative estimate of drug-likeness (QED) is 0.0730. The minimum atomic E-state index is -0.930. The number of thioether (sulfide) groups is 2. The molecule has 6 amide bonds. The van der Waals surface area contributed by atoms with E-state index in [1.54, 1.807) is 0 Å². The highest BCUT2D eigenvalue weighted by Gasteiger charge is 2.42. The van der Waals surface area contributed by atoms with Gasteiger partial charge in [0, 0.05) is 37.1 Å². The molecule has 0 aliphatic carbocycles. The Balaban J connectivity index is 1.27. The van der Waals surface area contributed by atoms with Crippen molar-refractivity contribution in [3.63, 3.8) is 0 Å². The molecule has 2 saturated heterocycles. The summed E-state index contributed by atoms with van der Waals surface area (Å²) in [6, 6.07) is 3.43. The van der Waals surface area contributed by atoms with Gasteiger partial charge in [0.15, 0.2) is 34.5 Å². The molecule has 0 saturated carbocycles. The van der Waals surface area contributed by atoms with Gasteiger partial charge in [-0.25, -0.2) is 0 Å². The molecule has 0 atom stereocenters. The number of carbonyl (C=O) groups excluding carboxylic acids is 6. The predicted octanol–water partition coefficient (Wildman–Crippen LogP) is -0.145. The number of hydrogen-bond acceptors (Lipinski definition) is 16. The molecule has 0 bridgehead atoms. The second kappa shape index (κ2) is 14.6. The molecule has 48 heavy (non-hydrogen) atoms. The second-order valence-corrected chi connectivity index (χ2v) is 12.8. The summed E-state index contributed by atoms with van der Waals surface area (Å²) in [7, 11) is 0. The number of phenolic OH excluding ortho intramolecular Hbond substituents is 6. The van der Waals surface area contributed by atoms with Crippen LogP contribution in [0.5, 0.6) is 34.5 Å². The van der Waals surface area contributed by atoms with Gasteiger partial charge in [-0.05, 0) is 24.3 Å². The highest BCUT2D eigenvalue weighted by atomic mass is 32.2. The fraction of sp³-hybridized carbons (Fsp3) is 0.154. The first kappa shape index (κ1) is 35.5. The molecule has 252 valence electrons. The summed E-state index contributed by atoms with van der Waals surface area (Å²) in [5.41, 5.74) is 7.73. The van der Waals surface area contributed by atoms with E-state index >= 15 is 0 Å². The molecule has 0 radical (unpaired) electrons. The Hall–Kier alpha value is -5.32. The van der Waals surface area contributed by atoms with E-state index in [1.807, 2.05) is 10.9 Å². The first-order valence-corrected chi connectivity index (χ1v) is 15.5. The number of hydrazine groups is 2. The molecule has 2 aromatic carbocycles. The third-order valence-corrected chi connectivity index (χ3v) is 9.35. The second-order valence-electron chi connectivity index (χ2n) is 9.54. The Morgan fingerprint density at radius 1 is 0.583 bits per heavy atom. The fourth-order valence-corrected chi connectivity index (χ4v) is 6.65. The fourth-order valence-electron chi connectivity index (χ4n) is 3.88. The number of hydrogen-bond donors (Lipinski definition) is 10. The average molecular weight is 739 g/mol. The number of nitrogens with one attached hydrogen (secondary N) is 4. The van der Waals surface area contributed by atoms with E-state index in [0.29, 0.717) is 0 Å². The molecule has 4 rings (SSSR count). The number of benzene rings is 2. The van der Waals surface area contributed by atoms with E-state index in [4.69, 9.17) is 24.4 Å². The lowest BCUT2D eigenvalue weighted by atomic mass is 10.2.